The van der Waals surface area contributed by atoms with Gasteiger partial charge in [-0.05, 0) is 31.0 Å². The Morgan fingerprint density at radius 2 is 1.86 bits per heavy atom. The van der Waals surface area contributed by atoms with Crippen molar-refractivity contribution in [3.05, 3.63) is 64.1 Å². The van der Waals surface area contributed by atoms with Crippen molar-refractivity contribution in [2.75, 3.05) is 5.32 Å². The van der Waals surface area contributed by atoms with E-state index in [9.17, 15) is 9.90 Å². The molecule has 0 bridgehead atoms. The first kappa shape index (κ1) is 15.7. The van der Waals surface area contributed by atoms with E-state index < -0.39 is 6.10 Å². The monoisotopic (exact) mass is 347 g/mol. The Labute approximate surface area is 133 Å². The first-order chi connectivity index (χ1) is 10.1. The highest BCUT2D eigenvalue weighted by Crippen LogP contribution is 2.23. The summed E-state index contributed by atoms with van der Waals surface area (Å²) in [6.45, 7) is 1.69. The molecule has 0 aliphatic heterocycles. The van der Waals surface area contributed by atoms with E-state index >= 15 is 0 Å². The third-order valence-electron chi connectivity index (χ3n) is 3.26. The van der Waals surface area contributed by atoms with E-state index in [0.29, 0.717) is 18.5 Å². The molecule has 110 valence electrons. The zero-order valence-corrected chi connectivity index (χ0v) is 13.4. The van der Waals surface area contributed by atoms with Gasteiger partial charge in [-0.3, -0.25) is 4.79 Å². The first-order valence-corrected chi connectivity index (χ1v) is 7.67. The van der Waals surface area contributed by atoms with Gasteiger partial charge in [-0.1, -0.05) is 52.3 Å². The fourth-order valence-corrected chi connectivity index (χ4v) is 2.62. The van der Waals surface area contributed by atoms with Crippen LogP contribution < -0.4 is 5.32 Å². The second-order valence-corrected chi connectivity index (χ2v) is 5.76. The summed E-state index contributed by atoms with van der Waals surface area (Å²) in [5, 5.41) is 12.6. The first-order valence-electron chi connectivity index (χ1n) is 6.88. The standard InChI is InChI=1S/C17H18BrNO2/c1-12(20)14-7-3-5-9-16(14)19-17(21)11-10-13-6-2-4-8-15(13)18/h2-9,12,20H,10-11H2,1H3,(H,19,21). The Morgan fingerprint density at radius 1 is 1.19 bits per heavy atom. The van der Waals surface area contributed by atoms with Gasteiger partial charge in [0.25, 0.3) is 0 Å². The Morgan fingerprint density at radius 3 is 2.57 bits per heavy atom. The Bertz CT molecular complexity index is 626. The van der Waals surface area contributed by atoms with E-state index in [2.05, 4.69) is 21.2 Å². The van der Waals surface area contributed by atoms with Gasteiger partial charge in [0.1, 0.15) is 0 Å². The third kappa shape index (κ3) is 4.41. The van der Waals surface area contributed by atoms with Crippen molar-refractivity contribution >= 4 is 27.5 Å². The molecule has 4 heteroatoms. The second-order valence-electron chi connectivity index (χ2n) is 4.90. The Balaban J connectivity index is 1.98. The van der Waals surface area contributed by atoms with Crippen LogP contribution in [0.4, 0.5) is 5.69 Å². The molecule has 0 aliphatic carbocycles. The van der Waals surface area contributed by atoms with Crippen LogP contribution in [0.15, 0.2) is 53.0 Å². The van der Waals surface area contributed by atoms with Crippen molar-refractivity contribution in [3.8, 4) is 0 Å². The Kier molecular flexibility index (Phi) is 5.53. The highest BCUT2D eigenvalue weighted by atomic mass is 79.9. The average molecular weight is 348 g/mol. The number of aliphatic hydroxyl groups excluding tert-OH is 1. The molecule has 2 aromatic carbocycles. The number of halogens is 1. The molecule has 1 atom stereocenters. The molecule has 1 unspecified atom stereocenters. The lowest BCUT2D eigenvalue weighted by molar-refractivity contribution is -0.116. The predicted molar refractivity (Wildman–Crippen MR) is 88.2 cm³/mol. The van der Waals surface area contributed by atoms with Gasteiger partial charge >= 0.3 is 0 Å². The van der Waals surface area contributed by atoms with Gasteiger partial charge in [-0.15, -0.1) is 0 Å². The number of aryl methyl sites for hydroxylation is 1. The quantitative estimate of drug-likeness (QED) is 0.856. The number of rotatable bonds is 5. The highest BCUT2D eigenvalue weighted by molar-refractivity contribution is 9.10. The van der Waals surface area contributed by atoms with Crippen molar-refractivity contribution in [2.45, 2.75) is 25.9 Å². The van der Waals surface area contributed by atoms with Crippen molar-refractivity contribution < 1.29 is 9.90 Å². The minimum Gasteiger partial charge on any atom is -0.389 e. The van der Waals surface area contributed by atoms with Crippen molar-refractivity contribution in [1.82, 2.24) is 0 Å². The van der Waals surface area contributed by atoms with E-state index in [1.807, 2.05) is 42.5 Å². The fraction of sp³-hybridized carbons (Fsp3) is 0.235. The zero-order chi connectivity index (χ0) is 15.2. The molecular formula is C17H18BrNO2. The lowest BCUT2D eigenvalue weighted by Gasteiger charge is -2.13. The summed E-state index contributed by atoms with van der Waals surface area (Å²) in [7, 11) is 0. The van der Waals surface area contributed by atoms with Crippen LogP contribution in [-0.2, 0) is 11.2 Å². The molecule has 2 aromatic rings. The summed E-state index contributed by atoms with van der Waals surface area (Å²) in [6, 6.07) is 15.2. The fourth-order valence-electron chi connectivity index (χ4n) is 2.14. The van der Waals surface area contributed by atoms with Gasteiger partial charge in [0, 0.05) is 22.1 Å². The number of nitrogens with one attached hydrogen (secondary N) is 1. The Hall–Kier alpha value is -1.65. The molecule has 2 rings (SSSR count). The van der Waals surface area contributed by atoms with Gasteiger partial charge in [-0.25, -0.2) is 0 Å². The molecule has 0 radical (unpaired) electrons. The molecule has 0 fully saturated rings. The van der Waals surface area contributed by atoms with Gasteiger partial charge in [0.15, 0.2) is 0 Å². The van der Waals surface area contributed by atoms with Gasteiger partial charge in [-0.2, -0.15) is 0 Å². The van der Waals surface area contributed by atoms with Gasteiger partial charge in [0.2, 0.25) is 5.91 Å². The van der Waals surface area contributed by atoms with Crippen LogP contribution in [0.25, 0.3) is 0 Å². The molecule has 2 N–H and O–H groups in total. The summed E-state index contributed by atoms with van der Waals surface area (Å²) in [4.78, 5) is 12.1. The minimum atomic E-state index is -0.607. The lowest BCUT2D eigenvalue weighted by Crippen LogP contribution is -2.14. The van der Waals surface area contributed by atoms with E-state index in [1.54, 1.807) is 13.0 Å². The number of benzene rings is 2. The summed E-state index contributed by atoms with van der Waals surface area (Å²) in [5.41, 5.74) is 2.51. The van der Waals surface area contributed by atoms with Gasteiger partial charge in [0.05, 0.1) is 6.10 Å². The average Bonchev–Trinajstić information content (AvgIpc) is 2.47. The van der Waals surface area contributed by atoms with Crippen LogP contribution in [0.1, 0.15) is 30.6 Å². The number of carbonyl (C=O) groups is 1. The molecule has 0 aromatic heterocycles. The van der Waals surface area contributed by atoms with Crippen LogP contribution in [0, 0.1) is 0 Å². The normalized spacial score (nSPS) is 12.0. The molecule has 0 saturated carbocycles. The van der Waals surface area contributed by atoms with Crippen molar-refractivity contribution in [2.24, 2.45) is 0 Å². The van der Waals surface area contributed by atoms with Gasteiger partial charge < -0.3 is 10.4 Å². The second kappa shape index (κ2) is 7.38. The number of para-hydroxylation sites is 1. The van der Waals surface area contributed by atoms with E-state index in [0.717, 1.165) is 15.6 Å². The third-order valence-corrected chi connectivity index (χ3v) is 4.04. The SMILES string of the molecule is CC(O)c1ccccc1NC(=O)CCc1ccccc1Br. The lowest BCUT2D eigenvalue weighted by atomic mass is 10.1. The van der Waals surface area contributed by atoms with Crippen LogP contribution in [-0.4, -0.2) is 11.0 Å². The molecule has 1 amide bonds. The summed E-state index contributed by atoms with van der Waals surface area (Å²) in [6.07, 6.45) is 0.464. The molecule has 3 nitrogen and oxygen atoms in total. The largest absolute Gasteiger partial charge is 0.389 e. The molecule has 0 heterocycles. The van der Waals surface area contributed by atoms with E-state index in [1.165, 1.54) is 0 Å². The molecule has 0 spiro atoms. The number of amides is 1. The smallest absolute Gasteiger partial charge is 0.224 e. The number of aliphatic hydroxyl groups is 1. The van der Waals surface area contributed by atoms with Crippen LogP contribution in [0.2, 0.25) is 0 Å². The topological polar surface area (TPSA) is 49.3 Å². The maximum absolute atomic E-state index is 12.1. The summed E-state index contributed by atoms with van der Waals surface area (Å²) < 4.78 is 1.02. The van der Waals surface area contributed by atoms with Crippen LogP contribution in [0.5, 0.6) is 0 Å². The number of anilines is 1. The van der Waals surface area contributed by atoms with Crippen LogP contribution in [0.3, 0.4) is 0 Å². The van der Waals surface area contributed by atoms with E-state index in [-0.39, 0.29) is 5.91 Å². The van der Waals surface area contributed by atoms with Crippen LogP contribution >= 0.6 is 15.9 Å². The predicted octanol–water partition coefficient (Wildman–Crippen LogP) is 4.07. The maximum atomic E-state index is 12.1. The minimum absolute atomic E-state index is 0.0566. The van der Waals surface area contributed by atoms with E-state index in [4.69, 9.17) is 0 Å². The number of carbonyl (C=O) groups excluding carboxylic acids is 1. The highest BCUT2D eigenvalue weighted by Gasteiger charge is 2.10. The maximum Gasteiger partial charge on any atom is 0.224 e. The number of hydrogen-bond donors (Lipinski definition) is 2. The van der Waals surface area contributed by atoms with Crippen molar-refractivity contribution in [3.63, 3.8) is 0 Å². The number of hydrogen-bond acceptors (Lipinski definition) is 2. The summed E-state index contributed by atoms with van der Waals surface area (Å²) in [5.74, 6) is -0.0566. The molecule has 0 saturated heterocycles. The molecule has 0 aliphatic rings. The summed E-state index contributed by atoms with van der Waals surface area (Å²) >= 11 is 3.48. The molecule has 21 heavy (non-hydrogen) atoms. The van der Waals surface area contributed by atoms with Crippen molar-refractivity contribution in [1.29, 1.82) is 0 Å². The zero-order valence-electron chi connectivity index (χ0n) is 11.8. The molecular weight excluding hydrogens is 330 g/mol.